The minimum atomic E-state index is -0.123. The number of hydrogen-bond donors (Lipinski definition) is 2. The third kappa shape index (κ3) is 2.82. The van der Waals surface area contributed by atoms with Gasteiger partial charge in [0.05, 0.1) is 11.1 Å². The van der Waals surface area contributed by atoms with Gasteiger partial charge in [0.2, 0.25) is 11.0 Å². The maximum Gasteiger partial charge on any atom is 0.243 e. The summed E-state index contributed by atoms with van der Waals surface area (Å²) < 4.78 is 0. The van der Waals surface area contributed by atoms with Gasteiger partial charge >= 0.3 is 0 Å². The molecule has 1 aromatic heterocycles. The van der Waals surface area contributed by atoms with Gasteiger partial charge in [0.1, 0.15) is 0 Å². The lowest BCUT2D eigenvalue weighted by molar-refractivity contribution is -0.117. The van der Waals surface area contributed by atoms with Gasteiger partial charge in [-0.15, -0.1) is 10.2 Å². The van der Waals surface area contributed by atoms with Crippen LogP contribution in [0.2, 0.25) is 5.02 Å². The van der Waals surface area contributed by atoms with Crippen LogP contribution in [0.3, 0.4) is 0 Å². The molecule has 0 saturated carbocycles. The molecule has 2 heterocycles. The highest BCUT2D eigenvalue weighted by Gasteiger charge is 2.23. The van der Waals surface area contributed by atoms with E-state index < -0.39 is 0 Å². The van der Waals surface area contributed by atoms with Crippen LogP contribution in [0.1, 0.15) is 12.8 Å². The maximum absolute atomic E-state index is 12.0. The normalized spacial score (nSPS) is 18.1. The third-order valence-corrected chi connectivity index (χ3v) is 4.34. The average molecular weight is 309 g/mol. The van der Waals surface area contributed by atoms with Gasteiger partial charge in [-0.1, -0.05) is 41.1 Å². The van der Waals surface area contributed by atoms with E-state index in [-0.39, 0.29) is 11.9 Å². The Hall–Kier alpha value is -1.50. The van der Waals surface area contributed by atoms with E-state index in [1.807, 2.05) is 18.2 Å². The van der Waals surface area contributed by atoms with Crippen LogP contribution in [-0.4, -0.2) is 28.7 Å². The van der Waals surface area contributed by atoms with Crippen molar-refractivity contribution in [2.45, 2.75) is 18.9 Å². The molecule has 0 radical (unpaired) electrons. The number of carbonyl (C=O) groups excluding carboxylic acids is 1. The summed E-state index contributed by atoms with van der Waals surface area (Å²) in [4.78, 5) is 12.0. The highest BCUT2D eigenvalue weighted by Crippen LogP contribution is 2.31. The summed E-state index contributed by atoms with van der Waals surface area (Å²) in [7, 11) is 0. The number of hydrogen-bond acceptors (Lipinski definition) is 5. The van der Waals surface area contributed by atoms with E-state index in [0.29, 0.717) is 15.2 Å². The quantitative estimate of drug-likeness (QED) is 0.914. The zero-order valence-electron chi connectivity index (χ0n) is 10.6. The van der Waals surface area contributed by atoms with E-state index in [4.69, 9.17) is 11.6 Å². The molecule has 0 bridgehead atoms. The Morgan fingerprint density at radius 1 is 1.40 bits per heavy atom. The Kier molecular flexibility index (Phi) is 3.95. The molecule has 1 unspecified atom stereocenters. The highest BCUT2D eigenvalue weighted by atomic mass is 35.5. The molecule has 20 heavy (non-hydrogen) atoms. The van der Waals surface area contributed by atoms with Gasteiger partial charge in [-0.05, 0) is 25.5 Å². The molecule has 104 valence electrons. The summed E-state index contributed by atoms with van der Waals surface area (Å²) >= 11 is 7.44. The lowest BCUT2D eigenvalue weighted by Gasteiger charge is -2.07. The lowest BCUT2D eigenvalue weighted by atomic mass is 10.2. The molecular formula is C13H13ClN4OS. The van der Waals surface area contributed by atoms with Crippen molar-refractivity contribution in [3.8, 4) is 10.6 Å². The van der Waals surface area contributed by atoms with Gasteiger partial charge < -0.3 is 5.32 Å². The van der Waals surface area contributed by atoms with Gasteiger partial charge in [0.15, 0.2) is 5.01 Å². The van der Waals surface area contributed by atoms with Crippen LogP contribution in [0, 0.1) is 0 Å². The van der Waals surface area contributed by atoms with Crippen LogP contribution >= 0.6 is 22.9 Å². The predicted octanol–water partition coefficient (Wildman–Crippen LogP) is 2.55. The Morgan fingerprint density at radius 2 is 2.25 bits per heavy atom. The number of nitrogens with zero attached hydrogens (tertiary/aromatic N) is 2. The first-order valence-electron chi connectivity index (χ1n) is 6.37. The summed E-state index contributed by atoms with van der Waals surface area (Å²) in [5, 5.41) is 15.8. The highest BCUT2D eigenvalue weighted by molar-refractivity contribution is 7.18. The summed E-state index contributed by atoms with van der Waals surface area (Å²) in [6.45, 7) is 0.888. The number of aromatic nitrogens is 2. The summed E-state index contributed by atoms with van der Waals surface area (Å²) in [6.07, 6.45) is 1.89. The molecule has 1 aliphatic heterocycles. The minimum Gasteiger partial charge on any atom is -0.306 e. The van der Waals surface area contributed by atoms with E-state index in [2.05, 4.69) is 20.8 Å². The Labute approximate surface area is 125 Å². The summed E-state index contributed by atoms with van der Waals surface area (Å²) in [5.41, 5.74) is 0.825. The number of amides is 1. The van der Waals surface area contributed by atoms with Crippen molar-refractivity contribution in [1.29, 1.82) is 0 Å². The zero-order chi connectivity index (χ0) is 13.9. The van der Waals surface area contributed by atoms with Gasteiger partial charge in [0.25, 0.3) is 0 Å². The van der Waals surface area contributed by atoms with Crippen molar-refractivity contribution >= 4 is 34.0 Å². The first-order valence-corrected chi connectivity index (χ1v) is 7.56. The molecular weight excluding hydrogens is 296 g/mol. The van der Waals surface area contributed by atoms with Gasteiger partial charge in [-0.2, -0.15) is 0 Å². The van der Waals surface area contributed by atoms with Crippen molar-refractivity contribution in [2.75, 3.05) is 11.9 Å². The minimum absolute atomic E-state index is 0.0515. The number of halogens is 1. The van der Waals surface area contributed by atoms with Crippen molar-refractivity contribution in [2.24, 2.45) is 0 Å². The second-order valence-corrected chi connectivity index (χ2v) is 5.92. The van der Waals surface area contributed by atoms with E-state index in [1.165, 1.54) is 11.3 Å². The molecule has 0 aliphatic carbocycles. The molecule has 3 rings (SSSR count). The number of benzene rings is 1. The van der Waals surface area contributed by atoms with Crippen molar-refractivity contribution in [3.05, 3.63) is 29.3 Å². The molecule has 5 nitrogen and oxygen atoms in total. The topological polar surface area (TPSA) is 66.9 Å². The molecule has 1 saturated heterocycles. The van der Waals surface area contributed by atoms with Gasteiger partial charge in [-0.3, -0.25) is 10.1 Å². The molecule has 2 N–H and O–H groups in total. The van der Waals surface area contributed by atoms with E-state index in [9.17, 15) is 4.79 Å². The largest absolute Gasteiger partial charge is 0.306 e. The second kappa shape index (κ2) is 5.87. The van der Waals surface area contributed by atoms with Gasteiger partial charge in [0, 0.05) is 5.56 Å². The SMILES string of the molecule is O=C(Nc1nnc(-c2ccccc2Cl)s1)C1CCCN1. The van der Waals surface area contributed by atoms with Crippen LogP contribution < -0.4 is 10.6 Å². The third-order valence-electron chi connectivity index (χ3n) is 3.14. The van der Waals surface area contributed by atoms with Crippen LogP contribution in [0.15, 0.2) is 24.3 Å². The molecule has 1 aromatic carbocycles. The Bertz CT molecular complexity index is 624. The smallest absolute Gasteiger partial charge is 0.243 e. The van der Waals surface area contributed by atoms with Gasteiger partial charge in [-0.25, -0.2) is 0 Å². The molecule has 0 spiro atoms. The van der Waals surface area contributed by atoms with Crippen molar-refractivity contribution in [3.63, 3.8) is 0 Å². The Balaban J connectivity index is 1.74. The summed E-state index contributed by atoms with van der Waals surface area (Å²) in [5.74, 6) is -0.0515. The van der Waals surface area contributed by atoms with Crippen molar-refractivity contribution < 1.29 is 4.79 Å². The number of carbonyl (C=O) groups is 1. The maximum atomic E-state index is 12.0. The number of rotatable bonds is 3. The van der Waals surface area contributed by atoms with Crippen LogP contribution in [0.5, 0.6) is 0 Å². The standard InChI is InChI=1S/C13H13ClN4OS/c14-9-5-2-1-4-8(9)12-17-18-13(20-12)16-11(19)10-6-3-7-15-10/h1-2,4-5,10,15H,3,6-7H2,(H,16,18,19). The molecule has 1 amide bonds. The van der Waals surface area contributed by atoms with Crippen LogP contribution in [0.25, 0.3) is 10.6 Å². The first-order chi connectivity index (χ1) is 9.74. The van der Waals surface area contributed by atoms with E-state index in [0.717, 1.165) is 24.9 Å². The average Bonchev–Trinajstić information content (AvgIpc) is 3.10. The van der Waals surface area contributed by atoms with Crippen LogP contribution in [0.4, 0.5) is 5.13 Å². The fourth-order valence-corrected chi connectivity index (χ4v) is 3.19. The number of anilines is 1. The summed E-state index contributed by atoms with van der Waals surface area (Å²) in [6, 6.07) is 7.32. The monoisotopic (exact) mass is 308 g/mol. The second-order valence-electron chi connectivity index (χ2n) is 4.53. The molecule has 2 aromatic rings. The fourth-order valence-electron chi connectivity index (χ4n) is 2.12. The molecule has 1 fully saturated rings. The zero-order valence-corrected chi connectivity index (χ0v) is 12.2. The molecule has 1 atom stereocenters. The lowest BCUT2D eigenvalue weighted by Crippen LogP contribution is -2.35. The fraction of sp³-hybridized carbons (Fsp3) is 0.308. The Morgan fingerprint density at radius 3 is 3.00 bits per heavy atom. The first kappa shape index (κ1) is 13.5. The molecule has 1 aliphatic rings. The van der Waals surface area contributed by atoms with E-state index >= 15 is 0 Å². The van der Waals surface area contributed by atoms with E-state index in [1.54, 1.807) is 6.07 Å². The molecule has 7 heteroatoms. The van der Waals surface area contributed by atoms with Crippen LogP contribution in [-0.2, 0) is 4.79 Å². The predicted molar refractivity (Wildman–Crippen MR) is 80.0 cm³/mol. The van der Waals surface area contributed by atoms with Crippen molar-refractivity contribution in [1.82, 2.24) is 15.5 Å². The number of nitrogens with one attached hydrogen (secondary N) is 2.